The van der Waals surface area contributed by atoms with E-state index >= 15 is 0 Å². The lowest BCUT2D eigenvalue weighted by Crippen LogP contribution is -2.23. The van der Waals surface area contributed by atoms with Crippen molar-refractivity contribution in [3.8, 4) is 0 Å². The van der Waals surface area contributed by atoms with Crippen LogP contribution in [0.3, 0.4) is 0 Å². The summed E-state index contributed by atoms with van der Waals surface area (Å²) in [5, 5.41) is 9.07. The lowest BCUT2D eigenvalue weighted by atomic mass is 10.3. The highest BCUT2D eigenvalue weighted by Crippen LogP contribution is 2.08. The molecule has 0 unspecified atom stereocenters. The van der Waals surface area contributed by atoms with Crippen LogP contribution in [0, 0.1) is 5.82 Å². The molecule has 1 aromatic carbocycles. The second-order valence-corrected chi connectivity index (χ2v) is 4.28. The van der Waals surface area contributed by atoms with Crippen molar-refractivity contribution in [3.05, 3.63) is 58.7 Å². The molecule has 0 radical (unpaired) electrons. The first-order valence-corrected chi connectivity index (χ1v) is 6.20. The molecule has 0 aliphatic carbocycles. The summed E-state index contributed by atoms with van der Waals surface area (Å²) >= 11 is 1.59. The van der Waals surface area contributed by atoms with E-state index in [0.29, 0.717) is 5.69 Å². The number of benzene rings is 1. The lowest BCUT2D eigenvalue weighted by molar-refractivity contribution is 0.255. The number of carbonyl (C=O) groups excluding carboxylic acids is 1. The Balaban J connectivity index is 1.84. The fraction of sp³-hybridized carbons (Fsp3) is 0. The van der Waals surface area contributed by atoms with Crippen LogP contribution in [0.1, 0.15) is 5.56 Å². The minimum absolute atomic E-state index is 0.335. The Morgan fingerprint density at radius 3 is 2.67 bits per heavy atom. The first kappa shape index (κ1) is 12.3. The van der Waals surface area contributed by atoms with E-state index in [0.717, 1.165) is 5.56 Å². The quantitative estimate of drug-likeness (QED) is 0.870. The Morgan fingerprint density at radius 2 is 2.00 bits per heavy atom. The average Bonchev–Trinajstić information content (AvgIpc) is 2.85. The first-order chi connectivity index (χ1) is 8.74. The van der Waals surface area contributed by atoms with Gasteiger partial charge < -0.3 is 10.6 Å². The molecule has 0 saturated carbocycles. The average molecular weight is 262 g/mol. The van der Waals surface area contributed by atoms with Crippen molar-refractivity contribution in [3.63, 3.8) is 0 Å². The van der Waals surface area contributed by atoms with Crippen molar-refractivity contribution >= 4 is 29.1 Å². The number of anilines is 1. The molecule has 2 N–H and O–H groups in total. The zero-order valence-electron chi connectivity index (χ0n) is 9.39. The summed E-state index contributed by atoms with van der Waals surface area (Å²) in [7, 11) is 0. The maximum atomic E-state index is 12.6. The van der Waals surface area contributed by atoms with Gasteiger partial charge in [-0.3, -0.25) is 0 Å². The van der Waals surface area contributed by atoms with E-state index in [-0.39, 0.29) is 11.8 Å². The maximum Gasteiger partial charge on any atom is 0.323 e. The summed E-state index contributed by atoms with van der Waals surface area (Å²) in [5.74, 6) is -0.335. The van der Waals surface area contributed by atoms with Crippen molar-refractivity contribution in [1.82, 2.24) is 5.32 Å². The van der Waals surface area contributed by atoms with Crippen LogP contribution in [0.15, 0.2) is 47.3 Å². The Hall–Kier alpha value is -2.14. The highest BCUT2D eigenvalue weighted by atomic mass is 32.1. The van der Waals surface area contributed by atoms with Crippen LogP contribution >= 0.6 is 11.3 Å². The van der Waals surface area contributed by atoms with Gasteiger partial charge in [0, 0.05) is 11.9 Å². The Morgan fingerprint density at radius 1 is 1.22 bits per heavy atom. The summed E-state index contributed by atoms with van der Waals surface area (Å²) < 4.78 is 12.6. The summed E-state index contributed by atoms with van der Waals surface area (Å²) in [6.07, 6.45) is 3.35. The number of rotatable bonds is 3. The predicted octanol–water partition coefficient (Wildman–Crippen LogP) is 3.68. The zero-order chi connectivity index (χ0) is 12.8. The van der Waals surface area contributed by atoms with E-state index in [2.05, 4.69) is 10.6 Å². The van der Waals surface area contributed by atoms with Crippen LogP contribution in [0.5, 0.6) is 0 Å². The molecule has 5 heteroatoms. The third kappa shape index (κ3) is 3.71. The Labute approximate surface area is 108 Å². The molecular weight excluding hydrogens is 251 g/mol. The van der Waals surface area contributed by atoms with Gasteiger partial charge in [-0.25, -0.2) is 9.18 Å². The monoisotopic (exact) mass is 262 g/mol. The van der Waals surface area contributed by atoms with Gasteiger partial charge in [-0.05, 0) is 52.7 Å². The van der Waals surface area contributed by atoms with E-state index in [1.54, 1.807) is 23.6 Å². The maximum absolute atomic E-state index is 12.6. The van der Waals surface area contributed by atoms with E-state index < -0.39 is 0 Å². The van der Waals surface area contributed by atoms with Crippen LogP contribution in [-0.2, 0) is 0 Å². The van der Waals surface area contributed by atoms with Gasteiger partial charge >= 0.3 is 6.03 Å². The molecule has 92 valence electrons. The summed E-state index contributed by atoms with van der Waals surface area (Å²) in [5.41, 5.74) is 1.57. The predicted molar refractivity (Wildman–Crippen MR) is 71.9 cm³/mol. The van der Waals surface area contributed by atoms with Crippen LogP contribution in [0.4, 0.5) is 14.9 Å². The van der Waals surface area contributed by atoms with Crippen molar-refractivity contribution in [2.45, 2.75) is 0 Å². The third-order valence-corrected chi connectivity index (χ3v) is 2.84. The lowest BCUT2D eigenvalue weighted by Gasteiger charge is -2.03. The van der Waals surface area contributed by atoms with Gasteiger partial charge in [-0.15, -0.1) is 0 Å². The molecule has 3 nitrogen and oxygen atoms in total. The van der Waals surface area contributed by atoms with Gasteiger partial charge in [0.1, 0.15) is 5.82 Å². The standard InChI is InChI=1S/C13H11FN2OS/c14-11-1-3-12(4-2-11)16-13(17)15-7-5-10-6-8-18-9-10/h1-9H,(H2,15,16,17). The molecule has 0 atom stereocenters. The SMILES string of the molecule is O=C(NC=Cc1ccsc1)Nc1ccc(F)cc1. The third-order valence-electron chi connectivity index (χ3n) is 2.14. The number of hydrogen-bond acceptors (Lipinski definition) is 2. The fourth-order valence-electron chi connectivity index (χ4n) is 1.28. The van der Waals surface area contributed by atoms with E-state index in [4.69, 9.17) is 0 Å². The van der Waals surface area contributed by atoms with Gasteiger partial charge in [-0.1, -0.05) is 0 Å². The topological polar surface area (TPSA) is 41.1 Å². The van der Waals surface area contributed by atoms with Gasteiger partial charge in [0.2, 0.25) is 0 Å². The number of halogens is 1. The van der Waals surface area contributed by atoms with Crippen molar-refractivity contribution < 1.29 is 9.18 Å². The second kappa shape index (κ2) is 5.97. The van der Waals surface area contributed by atoms with E-state index in [9.17, 15) is 9.18 Å². The number of thiophene rings is 1. The zero-order valence-corrected chi connectivity index (χ0v) is 10.2. The van der Waals surface area contributed by atoms with Crippen molar-refractivity contribution in [1.29, 1.82) is 0 Å². The molecule has 1 heterocycles. The molecule has 2 aromatic rings. The molecule has 0 saturated heterocycles. The van der Waals surface area contributed by atoms with E-state index in [1.807, 2.05) is 16.8 Å². The highest BCUT2D eigenvalue weighted by molar-refractivity contribution is 7.08. The minimum Gasteiger partial charge on any atom is -0.314 e. The highest BCUT2D eigenvalue weighted by Gasteiger charge is 1.98. The van der Waals surface area contributed by atoms with Crippen LogP contribution in [0.25, 0.3) is 6.08 Å². The molecule has 2 amide bonds. The molecule has 18 heavy (non-hydrogen) atoms. The van der Waals surface area contributed by atoms with Crippen molar-refractivity contribution in [2.24, 2.45) is 0 Å². The van der Waals surface area contributed by atoms with Crippen LogP contribution in [0.2, 0.25) is 0 Å². The number of amides is 2. The van der Waals surface area contributed by atoms with Gasteiger partial charge in [0.05, 0.1) is 0 Å². The molecule has 0 fully saturated rings. The first-order valence-electron chi connectivity index (χ1n) is 5.26. The Bertz CT molecular complexity index is 535. The summed E-state index contributed by atoms with van der Waals surface area (Å²) in [4.78, 5) is 11.5. The summed E-state index contributed by atoms with van der Waals surface area (Å²) in [6, 6.07) is 7.15. The molecule has 0 bridgehead atoms. The molecular formula is C13H11FN2OS. The summed E-state index contributed by atoms with van der Waals surface area (Å²) in [6.45, 7) is 0. The Kier molecular flexibility index (Phi) is 4.09. The van der Waals surface area contributed by atoms with Gasteiger partial charge in [0.25, 0.3) is 0 Å². The molecule has 1 aromatic heterocycles. The normalized spacial score (nSPS) is 10.5. The van der Waals surface area contributed by atoms with Gasteiger partial charge in [-0.2, -0.15) is 11.3 Å². The molecule has 0 spiro atoms. The van der Waals surface area contributed by atoms with Crippen molar-refractivity contribution in [2.75, 3.05) is 5.32 Å². The minimum atomic E-state index is -0.368. The molecule has 0 aliphatic heterocycles. The number of carbonyl (C=O) groups is 1. The van der Waals surface area contributed by atoms with Gasteiger partial charge in [0.15, 0.2) is 0 Å². The smallest absolute Gasteiger partial charge is 0.314 e. The molecule has 2 rings (SSSR count). The number of nitrogens with one attached hydrogen (secondary N) is 2. The second-order valence-electron chi connectivity index (χ2n) is 3.50. The fourth-order valence-corrected chi connectivity index (χ4v) is 1.91. The number of urea groups is 1. The van der Waals surface area contributed by atoms with E-state index in [1.165, 1.54) is 24.3 Å². The number of hydrogen-bond donors (Lipinski definition) is 2. The van der Waals surface area contributed by atoms with Crippen LogP contribution < -0.4 is 10.6 Å². The largest absolute Gasteiger partial charge is 0.323 e. The molecule has 0 aliphatic rings. The van der Waals surface area contributed by atoms with Crippen LogP contribution in [-0.4, -0.2) is 6.03 Å².